The number of fused-ring (bicyclic) bond motifs is 1. The van der Waals surface area contributed by atoms with Crippen LogP contribution in [0.1, 0.15) is 13.0 Å². The largest absolute Gasteiger partial charge is 0.330 e. The van der Waals surface area contributed by atoms with Gasteiger partial charge in [-0.15, -0.1) is 0 Å². The molecule has 0 amide bonds. The normalized spacial score (nSPS) is 13.2. The minimum atomic E-state index is -0.850. The Morgan fingerprint density at radius 3 is 2.82 bits per heavy atom. The Hall–Kier alpha value is -0.880. The third-order valence-electron chi connectivity index (χ3n) is 2.62. The van der Waals surface area contributed by atoms with E-state index in [2.05, 4.69) is 4.98 Å². The Labute approximate surface area is 107 Å². The maximum absolute atomic E-state index is 13.8. The molecule has 2 aromatic rings. The summed E-state index contributed by atoms with van der Waals surface area (Å²) in [6.45, 7) is 1.93. The molecule has 0 aliphatic carbocycles. The summed E-state index contributed by atoms with van der Waals surface area (Å²) >= 11 is 6.79. The van der Waals surface area contributed by atoms with Crippen molar-refractivity contribution in [2.75, 3.05) is 12.0 Å². The molecule has 6 heteroatoms. The molecule has 0 bridgehead atoms. The topological polar surface area (TPSA) is 20.7 Å². The van der Waals surface area contributed by atoms with Gasteiger partial charge in [0.1, 0.15) is 5.52 Å². The number of rotatable bonds is 3. The first-order chi connectivity index (χ1) is 8.06. The molecule has 92 valence electrons. The molecule has 1 heterocycles. The molecule has 1 atom stereocenters. The van der Waals surface area contributed by atoms with E-state index in [1.165, 1.54) is 6.07 Å². The molecule has 0 radical (unpaired) electrons. The van der Waals surface area contributed by atoms with Crippen LogP contribution < -0.4 is 0 Å². The fourth-order valence-corrected chi connectivity index (χ4v) is 2.90. The number of nitrogens with zero attached hydrogens (tertiary/aromatic N) is 1. The molecular weight excluding hydrogens is 262 g/mol. The molecule has 2 rings (SSSR count). The summed E-state index contributed by atoms with van der Waals surface area (Å²) in [5.41, 5.74) is 0.749. The van der Waals surface area contributed by atoms with Gasteiger partial charge in [0.25, 0.3) is 0 Å². The van der Waals surface area contributed by atoms with Gasteiger partial charge in [0, 0.05) is 11.8 Å². The number of nitrogens with one attached hydrogen (secondary N) is 1. The maximum atomic E-state index is 13.8. The minimum Gasteiger partial charge on any atom is -0.330 e. The van der Waals surface area contributed by atoms with Crippen LogP contribution in [0.3, 0.4) is 0 Å². The van der Waals surface area contributed by atoms with Crippen LogP contribution in [-0.4, -0.2) is 21.6 Å². The van der Waals surface area contributed by atoms with E-state index in [-0.39, 0.29) is 11.6 Å². The Bertz CT molecular complexity index is 603. The van der Waals surface area contributed by atoms with Crippen molar-refractivity contribution in [2.24, 2.45) is 0 Å². The summed E-state index contributed by atoms with van der Waals surface area (Å²) in [7, 11) is 0. The summed E-state index contributed by atoms with van der Waals surface area (Å²) < 4.78 is 29.1. The molecule has 0 fully saturated rings. The Morgan fingerprint density at radius 1 is 1.47 bits per heavy atom. The van der Waals surface area contributed by atoms with Crippen molar-refractivity contribution in [1.29, 1.82) is 0 Å². The van der Waals surface area contributed by atoms with E-state index < -0.39 is 11.6 Å². The molecule has 17 heavy (non-hydrogen) atoms. The average molecular weight is 274 g/mol. The minimum absolute atomic E-state index is 0.0163. The lowest BCUT2D eigenvalue weighted by atomic mass is 10.2. The number of aromatic amines is 1. The fourth-order valence-electron chi connectivity index (χ4n) is 1.89. The second kappa shape index (κ2) is 4.78. The Kier molecular flexibility index (Phi) is 3.53. The first kappa shape index (κ1) is 12.6. The number of aromatic nitrogens is 2. The quantitative estimate of drug-likeness (QED) is 0.857. The molecule has 0 spiro atoms. The molecule has 1 unspecified atom stereocenters. The van der Waals surface area contributed by atoms with Crippen LogP contribution in [0.2, 0.25) is 0 Å². The standard InChI is InChI=1S/C11H12F2N2S2/c1-6(5-17-2)15-10-8(14-11(15)16)4-3-7(12)9(10)13/h3-4,6H,5H2,1-2H3,(H,14,16). The van der Waals surface area contributed by atoms with Crippen LogP contribution in [0.5, 0.6) is 0 Å². The van der Waals surface area contributed by atoms with Gasteiger partial charge < -0.3 is 9.55 Å². The highest BCUT2D eigenvalue weighted by Gasteiger charge is 2.16. The maximum Gasteiger partial charge on any atom is 0.184 e. The first-order valence-corrected chi connectivity index (χ1v) is 6.93. The van der Waals surface area contributed by atoms with E-state index in [0.717, 1.165) is 11.8 Å². The number of hydrogen-bond acceptors (Lipinski definition) is 2. The Morgan fingerprint density at radius 2 is 2.18 bits per heavy atom. The second-order valence-electron chi connectivity index (χ2n) is 3.86. The van der Waals surface area contributed by atoms with Crippen LogP contribution in [-0.2, 0) is 0 Å². The van der Waals surface area contributed by atoms with Crippen molar-refractivity contribution in [3.8, 4) is 0 Å². The highest BCUT2D eigenvalue weighted by Crippen LogP contribution is 2.25. The third-order valence-corrected chi connectivity index (χ3v) is 3.73. The van der Waals surface area contributed by atoms with Gasteiger partial charge in [0.15, 0.2) is 16.4 Å². The molecule has 0 aliphatic heterocycles. The van der Waals surface area contributed by atoms with E-state index in [1.54, 1.807) is 16.3 Å². The van der Waals surface area contributed by atoms with Crippen molar-refractivity contribution in [2.45, 2.75) is 13.0 Å². The zero-order valence-corrected chi connectivity index (χ0v) is 11.1. The molecule has 1 aromatic heterocycles. The van der Waals surface area contributed by atoms with Gasteiger partial charge in [-0.1, -0.05) is 0 Å². The van der Waals surface area contributed by atoms with Crippen LogP contribution in [0.4, 0.5) is 8.78 Å². The smallest absolute Gasteiger partial charge is 0.184 e. The summed E-state index contributed by atoms with van der Waals surface area (Å²) in [6.07, 6.45) is 1.96. The summed E-state index contributed by atoms with van der Waals surface area (Å²) in [4.78, 5) is 2.90. The number of imidazole rings is 1. The molecule has 2 nitrogen and oxygen atoms in total. The zero-order valence-electron chi connectivity index (χ0n) is 9.46. The lowest BCUT2D eigenvalue weighted by molar-refractivity contribution is 0.506. The van der Waals surface area contributed by atoms with Crippen LogP contribution in [0, 0.1) is 16.4 Å². The number of hydrogen-bond donors (Lipinski definition) is 1. The molecule has 1 aromatic carbocycles. The van der Waals surface area contributed by atoms with E-state index >= 15 is 0 Å². The molecule has 0 saturated carbocycles. The highest BCUT2D eigenvalue weighted by atomic mass is 32.2. The zero-order chi connectivity index (χ0) is 12.6. The van der Waals surface area contributed by atoms with Crippen molar-refractivity contribution in [3.63, 3.8) is 0 Å². The molecule has 1 N–H and O–H groups in total. The van der Waals surface area contributed by atoms with Gasteiger partial charge >= 0.3 is 0 Å². The van der Waals surface area contributed by atoms with Gasteiger partial charge in [-0.05, 0) is 37.5 Å². The summed E-state index contributed by atoms with van der Waals surface area (Å²) in [6, 6.07) is 2.63. The van der Waals surface area contributed by atoms with Gasteiger partial charge in [-0.3, -0.25) is 0 Å². The van der Waals surface area contributed by atoms with Crippen molar-refractivity contribution < 1.29 is 8.78 Å². The summed E-state index contributed by atoms with van der Waals surface area (Å²) in [5.74, 6) is -0.906. The third kappa shape index (κ3) is 2.11. The first-order valence-electron chi connectivity index (χ1n) is 5.13. The van der Waals surface area contributed by atoms with Crippen molar-refractivity contribution in [1.82, 2.24) is 9.55 Å². The predicted molar refractivity (Wildman–Crippen MR) is 70.1 cm³/mol. The number of halogens is 2. The van der Waals surface area contributed by atoms with E-state index in [0.29, 0.717) is 10.3 Å². The van der Waals surface area contributed by atoms with Gasteiger partial charge in [0.05, 0.1) is 5.52 Å². The second-order valence-corrected chi connectivity index (χ2v) is 5.16. The van der Waals surface area contributed by atoms with Gasteiger partial charge in [0.2, 0.25) is 0 Å². The van der Waals surface area contributed by atoms with Gasteiger partial charge in [-0.2, -0.15) is 11.8 Å². The highest BCUT2D eigenvalue weighted by molar-refractivity contribution is 7.98. The van der Waals surface area contributed by atoms with Crippen LogP contribution in [0.15, 0.2) is 12.1 Å². The number of H-pyrrole nitrogens is 1. The molecular formula is C11H12F2N2S2. The average Bonchev–Trinajstić information content (AvgIpc) is 2.61. The van der Waals surface area contributed by atoms with Crippen LogP contribution in [0.25, 0.3) is 11.0 Å². The van der Waals surface area contributed by atoms with Gasteiger partial charge in [-0.25, -0.2) is 8.78 Å². The molecule has 0 saturated heterocycles. The lowest BCUT2D eigenvalue weighted by Crippen LogP contribution is -2.08. The summed E-state index contributed by atoms with van der Waals surface area (Å²) in [5, 5.41) is 0. The van der Waals surface area contributed by atoms with E-state index in [4.69, 9.17) is 12.2 Å². The monoisotopic (exact) mass is 274 g/mol. The number of benzene rings is 1. The lowest BCUT2D eigenvalue weighted by Gasteiger charge is -2.13. The van der Waals surface area contributed by atoms with Crippen molar-refractivity contribution in [3.05, 3.63) is 28.5 Å². The predicted octanol–water partition coefficient (Wildman–Crippen LogP) is 3.90. The van der Waals surface area contributed by atoms with E-state index in [9.17, 15) is 8.78 Å². The molecule has 0 aliphatic rings. The van der Waals surface area contributed by atoms with Crippen LogP contribution >= 0.6 is 24.0 Å². The van der Waals surface area contributed by atoms with E-state index in [1.807, 2.05) is 13.2 Å². The number of thioether (sulfide) groups is 1. The fraction of sp³-hybridized carbons (Fsp3) is 0.364. The SMILES string of the molecule is CSCC(C)n1c(=S)[nH]c2ccc(F)c(F)c21. The Balaban J connectivity index is 2.73. The van der Waals surface area contributed by atoms with Crippen molar-refractivity contribution >= 4 is 35.0 Å².